The zero-order valence-corrected chi connectivity index (χ0v) is 23.9. The van der Waals surface area contributed by atoms with Crippen LogP contribution >= 0.6 is 15.9 Å². The lowest BCUT2D eigenvalue weighted by molar-refractivity contribution is 0.0713. The lowest BCUT2D eigenvalue weighted by atomic mass is 9.89. The van der Waals surface area contributed by atoms with Crippen LogP contribution in [0.1, 0.15) is 45.8 Å². The number of hydrogen-bond donors (Lipinski definition) is 2. The summed E-state index contributed by atoms with van der Waals surface area (Å²) in [4.78, 5) is 20.6. The number of carbonyl (C=O) groups is 1. The molecule has 6 rings (SSSR count). The van der Waals surface area contributed by atoms with Gasteiger partial charge < -0.3 is 16.0 Å². The number of nitrogens with zero attached hydrogens (tertiary/aromatic N) is 4. The van der Waals surface area contributed by atoms with E-state index in [-0.39, 0.29) is 5.91 Å². The largest absolute Gasteiger partial charge is 0.339 e. The molecule has 1 amide bonds. The van der Waals surface area contributed by atoms with Crippen LogP contribution in [0, 0.1) is 6.92 Å². The van der Waals surface area contributed by atoms with Crippen LogP contribution in [0.4, 0.5) is 11.5 Å². The number of likely N-dealkylation sites (tertiary alicyclic amines) is 1. The second kappa shape index (κ2) is 11.2. The van der Waals surface area contributed by atoms with Gasteiger partial charge in [-0.05, 0) is 64.9 Å². The minimum absolute atomic E-state index is 0.0499. The molecular weight excluding hydrogens is 564 g/mol. The van der Waals surface area contributed by atoms with Gasteiger partial charge in [0.15, 0.2) is 5.65 Å². The molecule has 2 aromatic heterocycles. The highest BCUT2D eigenvalue weighted by molar-refractivity contribution is 9.10. The predicted octanol–water partition coefficient (Wildman–Crippen LogP) is 6.69. The fourth-order valence-electron chi connectivity index (χ4n) is 5.42. The van der Waals surface area contributed by atoms with E-state index in [9.17, 15) is 4.79 Å². The van der Waals surface area contributed by atoms with Crippen molar-refractivity contribution in [3.05, 3.63) is 112 Å². The predicted molar refractivity (Wildman–Crippen MR) is 163 cm³/mol. The summed E-state index contributed by atoms with van der Waals surface area (Å²) in [7, 11) is 0. The molecule has 202 valence electrons. The van der Waals surface area contributed by atoms with Crippen LogP contribution in [0.2, 0.25) is 0 Å². The Kier molecular flexibility index (Phi) is 7.36. The SMILES string of the molecule is Cc1ccc(Nc2c(C(=O)N3CCC(c4ccccc4)CC3)cnc3c(Br)c(-c4ccccc4CN)nn23)cc1. The topological polar surface area (TPSA) is 88.5 Å². The van der Waals surface area contributed by atoms with Crippen LogP contribution in [0.25, 0.3) is 16.9 Å². The summed E-state index contributed by atoms with van der Waals surface area (Å²) in [5, 5.41) is 8.45. The third kappa shape index (κ3) is 5.00. The van der Waals surface area contributed by atoms with Crippen LogP contribution in [0.3, 0.4) is 0 Å². The molecule has 0 unspecified atom stereocenters. The summed E-state index contributed by atoms with van der Waals surface area (Å²) in [5.41, 5.74) is 13.2. The summed E-state index contributed by atoms with van der Waals surface area (Å²) >= 11 is 3.74. The Bertz CT molecular complexity index is 1660. The van der Waals surface area contributed by atoms with Crippen molar-refractivity contribution in [2.45, 2.75) is 32.2 Å². The molecule has 1 fully saturated rings. The summed E-state index contributed by atoms with van der Waals surface area (Å²) < 4.78 is 2.49. The maximum atomic E-state index is 14.0. The minimum Gasteiger partial charge on any atom is -0.339 e. The van der Waals surface area contributed by atoms with Crippen molar-refractivity contribution in [3.63, 3.8) is 0 Å². The first-order chi connectivity index (χ1) is 19.5. The highest BCUT2D eigenvalue weighted by Gasteiger charge is 2.28. The Morgan fingerprint density at radius 2 is 1.70 bits per heavy atom. The van der Waals surface area contributed by atoms with E-state index < -0.39 is 0 Å². The molecule has 0 saturated carbocycles. The van der Waals surface area contributed by atoms with Gasteiger partial charge in [-0.15, -0.1) is 0 Å². The molecule has 1 aliphatic heterocycles. The van der Waals surface area contributed by atoms with Crippen LogP contribution < -0.4 is 11.1 Å². The Morgan fingerprint density at radius 3 is 2.42 bits per heavy atom. The number of amides is 1. The second-order valence-electron chi connectivity index (χ2n) is 10.2. The number of rotatable bonds is 6. The van der Waals surface area contributed by atoms with E-state index in [0.29, 0.717) is 42.6 Å². The minimum atomic E-state index is -0.0499. The molecular formula is C32H31BrN6O. The number of aromatic nitrogens is 3. The van der Waals surface area contributed by atoms with Crippen molar-refractivity contribution < 1.29 is 4.79 Å². The summed E-state index contributed by atoms with van der Waals surface area (Å²) in [6, 6.07) is 26.6. The van der Waals surface area contributed by atoms with Gasteiger partial charge in [-0.2, -0.15) is 9.61 Å². The molecule has 7 nitrogen and oxygen atoms in total. The van der Waals surface area contributed by atoms with Crippen molar-refractivity contribution in [2.75, 3.05) is 18.4 Å². The molecule has 0 aliphatic carbocycles. The monoisotopic (exact) mass is 594 g/mol. The number of nitrogens with two attached hydrogens (primary N) is 1. The lowest BCUT2D eigenvalue weighted by Gasteiger charge is -2.32. The van der Waals surface area contributed by atoms with E-state index in [1.807, 2.05) is 66.4 Å². The molecule has 1 saturated heterocycles. The highest BCUT2D eigenvalue weighted by Crippen LogP contribution is 2.36. The normalized spacial score (nSPS) is 14.0. The Hall–Kier alpha value is -4.01. The zero-order chi connectivity index (χ0) is 27.6. The van der Waals surface area contributed by atoms with Gasteiger partial charge in [-0.25, -0.2) is 4.98 Å². The number of piperidine rings is 1. The number of fused-ring (bicyclic) bond motifs is 1. The number of nitrogens with one attached hydrogen (secondary N) is 1. The first-order valence-electron chi connectivity index (χ1n) is 13.6. The molecule has 1 aliphatic rings. The number of aryl methyl sites for hydroxylation is 1. The molecule has 0 spiro atoms. The van der Waals surface area contributed by atoms with Crippen LogP contribution in [-0.2, 0) is 6.54 Å². The van der Waals surface area contributed by atoms with Gasteiger partial charge in [0.1, 0.15) is 17.1 Å². The van der Waals surface area contributed by atoms with Crippen LogP contribution in [0.5, 0.6) is 0 Å². The number of benzene rings is 3. The van der Waals surface area contributed by atoms with Crippen molar-refractivity contribution >= 4 is 39.0 Å². The van der Waals surface area contributed by atoms with E-state index in [1.54, 1.807) is 10.7 Å². The van der Waals surface area contributed by atoms with Gasteiger partial charge in [-0.3, -0.25) is 4.79 Å². The van der Waals surface area contributed by atoms with E-state index in [4.69, 9.17) is 15.8 Å². The lowest BCUT2D eigenvalue weighted by Crippen LogP contribution is -2.38. The summed E-state index contributed by atoms with van der Waals surface area (Å²) in [6.45, 7) is 3.83. The summed E-state index contributed by atoms with van der Waals surface area (Å²) in [6.07, 6.45) is 3.53. The van der Waals surface area contributed by atoms with Crippen molar-refractivity contribution in [3.8, 4) is 11.3 Å². The number of anilines is 2. The van der Waals surface area contributed by atoms with Gasteiger partial charge >= 0.3 is 0 Å². The Labute approximate surface area is 242 Å². The van der Waals surface area contributed by atoms with Crippen LogP contribution in [-0.4, -0.2) is 38.5 Å². The second-order valence-corrected chi connectivity index (χ2v) is 11.0. The molecule has 3 heterocycles. The third-order valence-electron chi connectivity index (χ3n) is 7.68. The number of halogens is 1. The number of hydrogen-bond acceptors (Lipinski definition) is 5. The van der Waals surface area contributed by atoms with Gasteiger partial charge in [0.2, 0.25) is 0 Å². The first kappa shape index (κ1) is 26.2. The number of carbonyl (C=O) groups excluding carboxylic acids is 1. The van der Waals surface area contributed by atoms with Crippen molar-refractivity contribution in [1.82, 2.24) is 19.5 Å². The van der Waals surface area contributed by atoms with Gasteiger partial charge in [0.25, 0.3) is 5.91 Å². The molecule has 5 aromatic rings. The molecule has 0 radical (unpaired) electrons. The van der Waals surface area contributed by atoms with E-state index in [0.717, 1.165) is 45.4 Å². The third-order valence-corrected chi connectivity index (χ3v) is 8.41. The fraction of sp³-hybridized carbons (Fsp3) is 0.219. The standard InChI is InChI=1S/C32H31BrN6O/c1-21-11-13-25(14-12-21)36-30-27(32(40)38-17-15-23(16-18-38)22-7-3-2-4-8-22)20-35-31-28(33)29(37-39(30)31)26-10-6-5-9-24(26)19-34/h2-14,20,23,36H,15-19,34H2,1H3. The molecule has 8 heteroatoms. The van der Waals surface area contributed by atoms with Gasteiger partial charge in [-0.1, -0.05) is 72.3 Å². The Balaban J connectivity index is 1.39. The zero-order valence-electron chi connectivity index (χ0n) is 22.3. The van der Waals surface area contributed by atoms with Crippen molar-refractivity contribution in [2.24, 2.45) is 5.73 Å². The Morgan fingerprint density at radius 1 is 1.00 bits per heavy atom. The molecule has 3 N–H and O–H groups in total. The van der Waals surface area contributed by atoms with Gasteiger partial charge in [0.05, 0.1) is 4.47 Å². The molecule has 3 aromatic carbocycles. The first-order valence-corrected chi connectivity index (χ1v) is 14.4. The van der Waals surface area contributed by atoms with E-state index in [1.165, 1.54) is 5.56 Å². The molecule has 0 bridgehead atoms. The average Bonchev–Trinajstić information content (AvgIpc) is 3.35. The van der Waals surface area contributed by atoms with Crippen LogP contribution in [0.15, 0.2) is 89.5 Å². The van der Waals surface area contributed by atoms with E-state index in [2.05, 4.69) is 45.5 Å². The van der Waals surface area contributed by atoms with Gasteiger partial charge in [0, 0.05) is 37.1 Å². The average molecular weight is 596 g/mol. The quantitative estimate of drug-likeness (QED) is 0.228. The highest BCUT2D eigenvalue weighted by atomic mass is 79.9. The molecule has 40 heavy (non-hydrogen) atoms. The van der Waals surface area contributed by atoms with E-state index >= 15 is 0 Å². The fourth-order valence-corrected chi connectivity index (χ4v) is 5.98. The maximum absolute atomic E-state index is 14.0. The van der Waals surface area contributed by atoms with Crippen molar-refractivity contribution in [1.29, 1.82) is 0 Å². The molecule has 0 atom stereocenters. The summed E-state index contributed by atoms with van der Waals surface area (Å²) in [5.74, 6) is 0.996. The maximum Gasteiger partial charge on any atom is 0.259 e. The smallest absolute Gasteiger partial charge is 0.259 e.